The Kier molecular flexibility index (Phi) is 5.74. The maximum Gasteiger partial charge on any atom is 0.257 e. The van der Waals surface area contributed by atoms with Crippen LogP contribution in [0.2, 0.25) is 0 Å². The quantitative estimate of drug-likeness (QED) is 0.328. The summed E-state index contributed by atoms with van der Waals surface area (Å²) < 4.78 is 17.7. The second-order valence-corrected chi connectivity index (χ2v) is 8.78. The Hall–Kier alpha value is -4.76. The number of ketones is 1. The minimum absolute atomic E-state index is 0.0254. The lowest BCUT2D eigenvalue weighted by Crippen LogP contribution is -2.51. The van der Waals surface area contributed by atoms with Gasteiger partial charge in [-0.15, -0.1) is 10.2 Å². The van der Waals surface area contributed by atoms with Gasteiger partial charge in [0.05, 0.1) is 12.2 Å². The van der Waals surface area contributed by atoms with Crippen LogP contribution in [0.25, 0.3) is 10.8 Å². The van der Waals surface area contributed by atoms with Crippen molar-refractivity contribution in [3.63, 3.8) is 0 Å². The molecule has 4 aromatic carbocycles. The fourth-order valence-corrected chi connectivity index (χ4v) is 4.30. The molecule has 1 aromatic heterocycles. The molecule has 0 spiro atoms. The number of nitrogens with two attached hydrogens (primary N) is 1. The largest absolute Gasteiger partial charge is 0.493 e. The SMILES string of the molecule is NC1(c2nn[nH]n2)COc2cccc(C(=O)c3ccc(OCCc4ccc5ccccc5c4)cc3)c2O1. The highest BCUT2D eigenvalue weighted by Gasteiger charge is 2.41. The number of nitrogens with one attached hydrogen (secondary N) is 1. The van der Waals surface area contributed by atoms with Gasteiger partial charge in [-0.2, -0.15) is 5.21 Å². The third kappa shape index (κ3) is 4.48. The Bertz CT molecular complexity index is 1570. The molecular weight excluding hydrogens is 470 g/mol. The predicted octanol–water partition coefficient (Wildman–Crippen LogP) is 3.79. The molecule has 3 N–H and O–H groups in total. The van der Waals surface area contributed by atoms with Crippen molar-refractivity contribution in [2.45, 2.75) is 12.1 Å². The second kappa shape index (κ2) is 9.36. The van der Waals surface area contributed by atoms with Crippen molar-refractivity contribution in [1.29, 1.82) is 0 Å². The first-order chi connectivity index (χ1) is 18.1. The fraction of sp³-hybridized carbons (Fsp3) is 0.143. The van der Waals surface area contributed by atoms with Crippen molar-refractivity contribution in [2.24, 2.45) is 5.73 Å². The van der Waals surface area contributed by atoms with Gasteiger partial charge >= 0.3 is 0 Å². The van der Waals surface area contributed by atoms with Crippen LogP contribution in [0, 0.1) is 0 Å². The summed E-state index contributed by atoms with van der Waals surface area (Å²) in [5.41, 5.74) is 6.85. The van der Waals surface area contributed by atoms with Gasteiger partial charge in [0, 0.05) is 12.0 Å². The van der Waals surface area contributed by atoms with Crippen molar-refractivity contribution in [3.8, 4) is 17.2 Å². The van der Waals surface area contributed by atoms with E-state index < -0.39 is 5.72 Å². The van der Waals surface area contributed by atoms with Crippen LogP contribution in [-0.2, 0) is 12.1 Å². The molecule has 37 heavy (non-hydrogen) atoms. The number of nitrogens with zero attached hydrogens (tertiary/aromatic N) is 3. The molecule has 5 aromatic rings. The highest BCUT2D eigenvalue weighted by molar-refractivity contribution is 6.11. The van der Waals surface area contributed by atoms with Gasteiger partial charge in [-0.3, -0.25) is 10.5 Å². The van der Waals surface area contributed by atoms with Gasteiger partial charge in [-0.1, -0.05) is 48.5 Å². The van der Waals surface area contributed by atoms with Crippen LogP contribution in [0.5, 0.6) is 17.2 Å². The number of hydrogen-bond acceptors (Lipinski definition) is 8. The highest BCUT2D eigenvalue weighted by Crippen LogP contribution is 2.40. The predicted molar refractivity (Wildman–Crippen MR) is 136 cm³/mol. The van der Waals surface area contributed by atoms with Crippen LogP contribution in [0.1, 0.15) is 27.3 Å². The molecule has 0 bridgehead atoms. The number of H-pyrrole nitrogens is 1. The molecule has 0 aliphatic carbocycles. The molecular formula is C28H23N5O4. The van der Waals surface area contributed by atoms with Crippen LogP contribution in [0.4, 0.5) is 0 Å². The lowest BCUT2D eigenvalue weighted by Gasteiger charge is -2.33. The molecule has 2 heterocycles. The highest BCUT2D eigenvalue weighted by atomic mass is 16.6. The third-order valence-corrected chi connectivity index (χ3v) is 6.26. The van der Waals surface area contributed by atoms with E-state index in [0.29, 0.717) is 29.2 Å². The van der Waals surface area contributed by atoms with Gasteiger partial charge in [0.2, 0.25) is 5.82 Å². The smallest absolute Gasteiger partial charge is 0.257 e. The summed E-state index contributed by atoms with van der Waals surface area (Å²) in [6.07, 6.45) is 0.778. The van der Waals surface area contributed by atoms with E-state index in [0.717, 1.165) is 6.42 Å². The number of carbonyl (C=O) groups excluding carboxylic acids is 1. The van der Waals surface area contributed by atoms with Crippen molar-refractivity contribution in [1.82, 2.24) is 20.6 Å². The van der Waals surface area contributed by atoms with Crippen molar-refractivity contribution in [3.05, 3.63) is 107 Å². The minimum Gasteiger partial charge on any atom is -0.493 e. The van der Waals surface area contributed by atoms with Crippen LogP contribution >= 0.6 is 0 Å². The fourth-order valence-electron chi connectivity index (χ4n) is 4.30. The van der Waals surface area contributed by atoms with E-state index in [-0.39, 0.29) is 24.0 Å². The summed E-state index contributed by atoms with van der Waals surface area (Å²) in [6.45, 7) is 0.500. The topological polar surface area (TPSA) is 125 Å². The Balaban J connectivity index is 1.14. The third-order valence-electron chi connectivity index (χ3n) is 6.26. The molecule has 1 aliphatic heterocycles. The number of ether oxygens (including phenoxy) is 3. The standard InChI is InChI=1S/C28H23N5O4/c29-28(27-30-32-33-31-27)17-36-24-7-3-6-23(26(24)37-28)25(34)20-10-12-22(13-11-20)35-15-14-18-8-9-19-4-1-2-5-21(19)16-18/h1-13,16H,14-15,17,29H2,(H,30,31,32,33). The number of aromatic nitrogens is 4. The van der Waals surface area contributed by atoms with Gasteiger partial charge in [0.25, 0.3) is 5.72 Å². The molecule has 0 fully saturated rings. The Morgan fingerprint density at radius 3 is 2.65 bits per heavy atom. The van der Waals surface area contributed by atoms with Crippen molar-refractivity contribution < 1.29 is 19.0 Å². The normalized spacial score (nSPS) is 16.5. The Morgan fingerprint density at radius 2 is 1.84 bits per heavy atom. The molecule has 0 saturated heterocycles. The number of aromatic amines is 1. The first kappa shape index (κ1) is 22.7. The minimum atomic E-state index is -1.47. The van der Waals surface area contributed by atoms with Crippen molar-refractivity contribution in [2.75, 3.05) is 13.2 Å². The first-order valence-corrected chi connectivity index (χ1v) is 11.8. The van der Waals surface area contributed by atoms with Gasteiger partial charge < -0.3 is 14.2 Å². The molecule has 9 nitrogen and oxygen atoms in total. The first-order valence-electron chi connectivity index (χ1n) is 11.8. The second-order valence-electron chi connectivity index (χ2n) is 8.78. The van der Waals surface area contributed by atoms with Crippen LogP contribution in [-0.4, -0.2) is 39.6 Å². The summed E-state index contributed by atoms with van der Waals surface area (Å²) in [7, 11) is 0. The van der Waals surface area contributed by atoms with E-state index in [2.05, 4.69) is 51.0 Å². The summed E-state index contributed by atoms with van der Waals surface area (Å²) in [4.78, 5) is 13.4. The number of hydrogen-bond donors (Lipinski definition) is 2. The van der Waals surface area contributed by atoms with Gasteiger partial charge in [0.1, 0.15) is 12.4 Å². The zero-order valence-electron chi connectivity index (χ0n) is 19.8. The van der Waals surface area contributed by atoms with E-state index in [1.165, 1.54) is 16.3 Å². The maximum atomic E-state index is 13.4. The maximum absolute atomic E-state index is 13.4. The zero-order chi connectivity index (χ0) is 25.2. The number of tetrazole rings is 1. The summed E-state index contributed by atoms with van der Waals surface area (Å²) >= 11 is 0. The summed E-state index contributed by atoms with van der Waals surface area (Å²) in [5.74, 6) is 1.24. The summed E-state index contributed by atoms with van der Waals surface area (Å²) in [6, 6.07) is 26.8. The zero-order valence-corrected chi connectivity index (χ0v) is 19.8. The van der Waals surface area contributed by atoms with E-state index in [4.69, 9.17) is 19.9 Å². The van der Waals surface area contributed by atoms with Gasteiger partial charge in [-0.05, 0) is 57.9 Å². The number of carbonyl (C=O) groups is 1. The van der Waals surface area contributed by atoms with E-state index in [1.807, 2.05) is 12.1 Å². The number of para-hydroxylation sites is 1. The van der Waals surface area contributed by atoms with Crippen LogP contribution in [0.3, 0.4) is 0 Å². The summed E-state index contributed by atoms with van der Waals surface area (Å²) in [5, 5.41) is 16.1. The van der Waals surface area contributed by atoms with Crippen LogP contribution in [0.15, 0.2) is 84.9 Å². The Labute approximate surface area is 212 Å². The molecule has 6 rings (SSSR count). The molecule has 1 unspecified atom stereocenters. The molecule has 0 saturated carbocycles. The number of fused-ring (bicyclic) bond motifs is 2. The average molecular weight is 494 g/mol. The molecule has 1 aliphatic rings. The van der Waals surface area contributed by atoms with E-state index in [9.17, 15) is 4.79 Å². The van der Waals surface area contributed by atoms with E-state index in [1.54, 1.807) is 42.5 Å². The molecule has 9 heteroatoms. The molecule has 1 atom stereocenters. The number of rotatable bonds is 7. The van der Waals surface area contributed by atoms with Crippen LogP contribution < -0.4 is 19.9 Å². The average Bonchev–Trinajstić information content (AvgIpc) is 3.49. The molecule has 0 radical (unpaired) electrons. The Morgan fingerprint density at radius 1 is 1.00 bits per heavy atom. The lowest BCUT2D eigenvalue weighted by molar-refractivity contribution is -0.0154. The van der Waals surface area contributed by atoms with Crippen molar-refractivity contribution >= 4 is 16.6 Å². The molecule has 184 valence electrons. The van der Waals surface area contributed by atoms with E-state index >= 15 is 0 Å². The number of benzene rings is 4. The van der Waals surface area contributed by atoms with Gasteiger partial charge in [0.15, 0.2) is 17.3 Å². The monoisotopic (exact) mass is 493 g/mol. The van der Waals surface area contributed by atoms with Gasteiger partial charge in [-0.25, -0.2) is 0 Å². The molecule has 0 amide bonds. The lowest BCUT2D eigenvalue weighted by atomic mass is 10.0.